The molecule has 2 atom stereocenters. The Morgan fingerprint density at radius 2 is 1.82 bits per heavy atom. The summed E-state index contributed by atoms with van der Waals surface area (Å²) in [7, 11) is 0. The van der Waals surface area contributed by atoms with Gasteiger partial charge in [0.1, 0.15) is 6.10 Å². The molecule has 1 saturated heterocycles. The Kier molecular flexibility index (Phi) is 1.63. The van der Waals surface area contributed by atoms with Crippen molar-refractivity contribution in [1.82, 2.24) is 0 Å². The van der Waals surface area contributed by atoms with Crippen LogP contribution in [0.15, 0.2) is 24.3 Å². The molecule has 1 aromatic rings. The van der Waals surface area contributed by atoms with E-state index < -0.39 is 0 Å². The van der Waals surface area contributed by atoms with E-state index in [1.165, 1.54) is 5.56 Å². The van der Waals surface area contributed by atoms with E-state index in [2.05, 4.69) is 6.92 Å². The highest BCUT2D eigenvalue weighted by Crippen LogP contribution is 2.38. The Bertz CT molecular complexity index is 255. The molecule has 58 valence electrons. The van der Waals surface area contributed by atoms with Gasteiger partial charge in [-0.3, -0.25) is 0 Å². The monoisotopic (exact) mass is 168 g/mol. The van der Waals surface area contributed by atoms with Crippen LogP contribution in [0.3, 0.4) is 0 Å². The molecule has 0 aliphatic carbocycles. The maximum Gasteiger partial charge on any atom is 0.109 e. The molecular formula is C9H9ClO. The second-order valence-electron chi connectivity index (χ2n) is 2.81. The maximum atomic E-state index is 5.73. The van der Waals surface area contributed by atoms with Gasteiger partial charge in [0, 0.05) is 5.02 Å². The van der Waals surface area contributed by atoms with Crippen LogP contribution in [-0.4, -0.2) is 6.10 Å². The van der Waals surface area contributed by atoms with Crippen molar-refractivity contribution in [3.8, 4) is 0 Å². The van der Waals surface area contributed by atoms with E-state index in [0.29, 0.717) is 12.2 Å². The fourth-order valence-electron chi connectivity index (χ4n) is 1.19. The quantitative estimate of drug-likeness (QED) is 0.588. The van der Waals surface area contributed by atoms with E-state index in [1.807, 2.05) is 24.3 Å². The SMILES string of the molecule is C[C@@H]1O[C@@H]1c1ccc(Cl)cc1. The molecule has 11 heavy (non-hydrogen) atoms. The van der Waals surface area contributed by atoms with Gasteiger partial charge in [0.25, 0.3) is 0 Å². The summed E-state index contributed by atoms with van der Waals surface area (Å²) in [5.74, 6) is 0. The molecule has 0 N–H and O–H groups in total. The minimum atomic E-state index is 0.312. The molecule has 1 nitrogen and oxygen atoms in total. The second-order valence-corrected chi connectivity index (χ2v) is 3.25. The fraction of sp³-hybridized carbons (Fsp3) is 0.333. The Labute approximate surface area is 70.9 Å². The third-order valence-electron chi connectivity index (χ3n) is 1.91. The summed E-state index contributed by atoms with van der Waals surface area (Å²) < 4.78 is 5.30. The van der Waals surface area contributed by atoms with Crippen LogP contribution >= 0.6 is 11.6 Å². The first kappa shape index (κ1) is 7.14. The van der Waals surface area contributed by atoms with Crippen LogP contribution in [0.4, 0.5) is 0 Å². The predicted octanol–water partition coefficient (Wildman–Crippen LogP) is 2.80. The zero-order valence-electron chi connectivity index (χ0n) is 6.25. The Balaban J connectivity index is 2.21. The summed E-state index contributed by atoms with van der Waals surface area (Å²) in [6.07, 6.45) is 0.698. The zero-order valence-corrected chi connectivity index (χ0v) is 7.01. The van der Waals surface area contributed by atoms with Gasteiger partial charge < -0.3 is 4.74 Å². The topological polar surface area (TPSA) is 12.5 Å². The summed E-state index contributed by atoms with van der Waals surface area (Å²) >= 11 is 5.73. The number of rotatable bonds is 1. The van der Waals surface area contributed by atoms with Crippen molar-refractivity contribution in [3.05, 3.63) is 34.9 Å². The van der Waals surface area contributed by atoms with E-state index in [-0.39, 0.29) is 0 Å². The first-order valence-corrected chi connectivity index (χ1v) is 4.06. The van der Waals surface area contributed by atoms with Gasteiger partial charge in [-0.25, -0.2) is 0 Å². The van der Waals surface area contributed by atoms with Gasteiger partial charge in [-0.05, 0) is 24.6 Å². The molecule has 0 saturated carbocycles. The molecule has 0 aromatic heterocycles. The Hall–Kier alpha value is -0.530. The lowest BCUT2D eigenvalue weighted by Crippen LogP contribution is -1.81. The van der Waals surface area contributed by atoms with E-state index in [0.717, 1.165) is 5.02 Å². The number of hydrogen-bond acceptors (Lipinski definition) is 1. The highest BCUT2D eigenvalue weighted by Gasteiger charge is 2.35. The lowest BCUT2D eigenvalue weighted by atomic mass is 10.1. The number of ether oxygens (including phenoxy) is 1. The summed E-state index contributed by atoms with van der Waals surface area (Å²) in [5, 5.41) is 0.780. The average molecular weight is 169 g/mol. The van der Waals surface area contributed by atoms with Gasteiger partial charge in [0.2, 0.25) is 0 Å². The molecule has 2 heteroatoms. The second kappa shape index (κ2) is 2.50. The normalized spacial score (nSPS) is 28.5. The van der Waals surface area contributed by atoms with Crippen molar-refractivity contribution in [3.63, 3.8) is 0 Å². The van der Waals surface area contributed by atoms with Gasteiger partial charge in [-0.15, -0.1) is 0 Å². The molecule has 0 unspecified atom stereocenters. The van der Waals surface area contributed by atoms with Crippen LogP contribution in [0.5, 0.6) is 0 Å². The van der Waals surface area contributed by atoms with Crippen molar-refractivity contribution >= 4 is 11.6 Å². The van der Waals surface area contributed by atoms with E-state index in [1.54, 1.807) is 0 Å². The average Bonchev–Trinajstić information content (AvgIpc) is 2.69. The molecule has 0 spiro atoms. The third-order valence-corrected chi connectivity index (χ3v) is 2.16. The van der Waals surface area contributed by atoms with Gasteiger partial charge >= 0.3 is 0 Å². The smallest absolute Gasteiger partial charge is 0.109 e. The first-order chi connectivity index (χ1) is 5.27. The first-order valence-electron chi connectivity index (χ1n) is 3.68. The summed E-state index contributed by atoms with van der Waals surface area (Å²) in [6.45, 7) is 2.07. The predicted molar refractivity (Wildman–Crippen MR) is 44.7 cm³/mol. The molecule has 2 rings (SSSR count). The third kappa shape index (κ3) is 1.39. The molecule has 0 radical (unpaired) electrons. The number of epoxide rings is 1. The molecule has 0 amide bonds. The van der Waals surface area contributed by atoms with Crippen molar-refractivity contribution in [2.24, 2.45) is 0 Å². The van der Waals surface area contributed by atoms with Crippen molar-refractivity contribution in [1.29, 1.82) is 0 Å². The van der Waals surface area contributed by atoms with Crippen LogP contribution in [0.1, 0.15) is 18.6 Å². The van der Waals surface area contributed by atoms with Crippen LogP contribution in [0, 0.1) is 0 Å². The molecule has 1 aromatic carbocycles. The minimum absolute atomic E-state index is 0.312. The Morgan fingerprint density at radius 1 is 1.27 bits per heavy atom. The van der Waals surface area contributed by atoms with Crippen LogP contribution in [0.2, 0.25) is 5.02 Å². The highest BCUT2D eigenvalue weighted by molar-refractivity contribution is 6.30. The van der Waals surface area contributed by atoms with Gasteiger partial charge in [-0.1, -0.05) is 23.7 Å². The van der Waals surface area contributed by atoms with Gasteiger partial charge in [-0.2, -0.15) is 0 Å². The standard InChI is InChI=1S/C9H9ClO/c1-6-9(11-6)7-2-4-8(10)5-3-7/h2-6,9H,1H3/t6-,9-/m0/s1. The van der Waals surface area contributed by atoms with Crippen molar-refractivity contribution in [2.45, 2.75) is 19.1 Å². The Morgan fingerprint density at radius 3 is 2.27 bits per heavy atom. The van der Waals surface area contributed by atoms with E-state index >= 15 is 0 Å². The van der Waals surface area contributed by atoms with Gasteiger partial charge in [0.05, 0.1) is 6.10 Å². The highest BCUT2D eigenvalue weighted by atomic mass is 35.5. The lowest BCUT2D eigenvalue weighted by molar-refractivity contribution is 0.383. The van der Waals surface area contributed by atoms with E-state index in [9.17, 15) is 0 Å². The fourth-order valence-corrected chi connectivity index (χ4v) is 1.31. The molecule has 1 fully saturated rings. The number of hydrogen-bond donors (Lipinski definition) is 0. The van der Waals surface area contributed by atoms with Crippen molar-refractivity contribution < 1.29 is 4.74 Å². The number of halogens is 1. The summed E-state index contributed by atoms with van der Waals surface area (Å²) in [4.78, 5) is 0. The molecule has 0 bridgehead atoms. The summed E-state index contributed by atoms with van der Waals surface area (Å²) in [5.41, 5.74) is 1.22. The van der Waals surface area contributed by atoms with Crippen LogP contribution < -0.4 is 0 Å². The van der Waals surface area contributed by atoms with Gasteiger partial charge in [0.15, 0.2) is 0 Å². The molecular weight excluding hydrogens is 160 g/mol. The lowest BCUT2D eigenvalue weighted by Gasteiger charge is -1.93. The molecule has 1 aliphatic heterocycles. The summed E-state index contributed by atoms with van der Waals surface area (Å²) in [6, 6.07) is 7.81. The van der Waals surface area contributed by atoms with E-state index in [4.69, 9.17) is 16.3 Å². The van der Waals surface area contributed by atoms with Crippen LogP contribution in [0.25, 0.3) is 0 Å². The van der Waals surface area contributed by atoms with Crippen molar-refractivity contribution in [2.75, 3.05) is 0 Å². The minimum Gasteiger partial charge on any atom is -0.365 e. The maximum absolute atomic E-state index is 5.73. The molecule has 1 aliphatic rings. The zero-order chi connectivity index (χ0) is 7.84. The molecule has 1 heterocycles. The number of benzene rings is 1. The largest absolute Gasteiger partial charge is 0.365 e. The van der Waals surface area contributed by atoms with Crippen LogP contribution in [-0.2, 0) is 4.74 Å².